The first kappa shape index (κ1) is 11.2. The van der Waals surface area contributed by atoms with E-state index < -0.39 is 0 Å². The zero-order chi connectivity index (χ0) is 9.52. The zero-order valence-corrected chi connectivity index (χ0v) is 10.1. The van der Waals surface area contributed by atoms with Gasteiger partial charge in [0.1, 0.15) is 0 Å². The largest absolute Gasteiger partial charge is 0.251 e. The fourth-order valence-electron chi connectivity index (χ4n) is 2.46. The maximum Gasteiger partial charge on any atom is 0.0894 e. The van der Waals surface area contributed by atoms with E-state index in [0.29, 0.717) is 0 Å². The molecule has 0 aromatic rings. The van der Waals surface area contributed by atoms with Crippen molar-refractivity contribution in [3.63, 3.8) is 0 Å². The Morgan fingerprint density at radius 1 is 1.23 bits per heavy atom. The molecule has 1 saturated heterocycles. The van der Waals surface area contributed by atoms with Gasteiger partial charge in [-0.1, -0.05) is 50.7 Å². The van der Waals surface area contributed by atoms with E-state index in [1.54, 1.807) is 12.1 Å². The standard InChI is InChI=1S/C11H23FSi/c1-2-11-5-9-13(10-6-11)8-4-3-7-12/h11,13H,2-10H2,1H3. The summed E-state index contributed by atoms with van der Waals surface area (Å²) in [5.74, 6) is 1.03. The van der Waals surface area contributed by atoms with Gasteiger partial charge >= 0.3 is 0 Å². The summed E-state index contributed by atoms with van der Waals surface area (Å²) in [6, 6.07) is 4.51. The molecule has 0 aromatic heterocycles. The van der Waals surface area contributed by atoms with E-state index in [-0.39, 0.29) is 15.5 Å². The molecule has 1 aliphatic rings. The molecule has 0 nitrogen and oxygen atoms in total. The van der Waals surface area contributed by atoms with Crippen molar-refractivity contribution >= 4 is 8.80 Å². The van der Waals surface area contributed by atoms with E-state index in [9.17, 15) is 4.39 Å². The smallest absolute Gasteiger partial charge is 0.0894 e. The molecule has 0 spiro atoms. The third-order valence-electron chi connectivity index (χ3n) is 3.54. The molecule has 1 fully saturated rings. The van der Waals surface area contributed by atoms with Gasteiger partial charge in [-0.2, -0.15) is 0 Å². The van der Waals surface area contributed by atoms with Crippen LogP contribution in [0.5, 0.6) is 0 Å². The lowest BCUT2D eigenvalue weighted by atomic mass is 10.0. The molecule has 0 aromatic carbocycles. The highest BCUT2D eigenvalue weighted by molar-refractivity contribution is 6.58. The molecule has 2 heteroatoms. The first-order valence-corrected chi connectivity index (χ1v) is 8.37. The van der Waals surface area contributed by atoms with Crippen LogP contribution in [0.1, 0.15) is 39.0 Å². The van der Waals surface area contributed by atoms with Gasteiger partial charge in [0.25, 0.3) is 0 Å². The Balaban J connectivity index is 2.03. The average molecular weight is 202 g/mol. The number of unbranched alkanes of at least 4 members (excludes halogenated alkanes) is 1. The highest BCUT2D eigenvalue weighted by Crippen LogP contribution is 2.29. The van der Waals surface area contributed by atoms with Gasteiger partial charge in [-0.25, -0.2) is 0 Å². The van der Waals surface area contributed by atoms with Crippen molar-refractivity contribution in [2.24, 2.45) is 5.92 Å². The highest BCUT2D eigenvalue weighted by atomic mass is 28.3. The minimum atomic E-state index is -0.377. The van der Waals surface area contributed by atoms with E-state index in [1.807, 2.05) is 0 Å². The predicted molar refractivity (Wildman–Crippen MR) is 59.8 cm³/mol. The van der Waals surface area contributed by atoms with Gasteiger partial charge in [-0.3, -0.25) is 4.39 Å². The van der Waals surface area contributed by atoms with E-state index in [2.05, 4.69) is 6.92 Å². The molecule has 1 aliphatic heterocycles. The molecule has 0 saturated carbocycles. The molecule has 78 valence electrons. The molecule has 0 bridgehead atoms. The quantitative estimate of drug-likeness (QED) is 0.470. The van der Waals surface area contributed by atoms with Crippen molar-refractivity contribution in [2.75, 3.05) is 6.67 Å². The summed E-state index contributed by atoms with van der Waals surface area (Å²) in [6.07, 6.45) is 6.35. The number of rotatable bonds is 5. The van der Waals surface area contributed by atoms with Crippen molar-refractivity contribution < 1.29 is 4.39 Å². The van der Waals surface area contributed by atoms with Crippen LogP contribution in [0.4, 0.5) is 4.39 Å². The highest BCUT2D eigenvalue weighted by Gasteiger charge is 2.20. The van der Waals surface area contributed by atoms with E-state index >= 15 is 0 Å². The van der Waals surface area contributed by atoms with E-state index in [0.717, 1.165) is 12.3 Å². The van der Waals surface area contributed by atoms with Gasteiger partial charge in [0.2, 0.25) is 0 Å². The SMILES string of the molecule is CCC1CC[SiH](CCCCF)CC1. The van der Waals surface area contributed by atoms with Crippen LogP contribution in [-0.2, 0) is 0 Å². The fraction of sp³-hybridized carbons (Fsp3) is 1.00. The van der Waals surface area contributed by atoms with E-state index in [1.165, 1.54) is 31.7 Å². The van der Waals surface area contributed by atoms with Crippen LogP contribution in [0.3, 0.4) is 0 Å². The lowest BCUT2D eigenvalue weighted by Crippen LogP contribution is -2.20. The molecular weight excluding hydrogens is 179 g/mol. The lowest BCUT2D eigenvalue weighted by Gasteiger charge is -2.26. The van der Waals surface area contributed by atoms with Crippen LogP contribution in [0, 0.1) is 5.92 Å². The Kier molecular flexibility index (Phi) is 5.68. The molecule has 13 heavy (non-hydrogen) atoms. The second-order valence-corrected chi connectivity index (χ2v) is 7.94. The van der Waals surface area contributed by atoms with Gasteiger partial charge in [-0.05, 0) is 12.3 Å². The molecule has 0 aliphatic carbocycles. The first-order valence-electron chi connectivity index (χ1n) is 5.92. The number of alkyl halides is 1. The van der Waals surface area contributed by atoms with Gasteiger partial charge in [0.15, 0.2) is 0 Å². The first-order chi connectivity index (χ1) is 6.36. The predicted octanol–water partition coefficient (Wildman–Crippen LogP) is 3.78. The summed E-state index contributed by atoms with van der Waals surface area (Å²) in [6.45, 7) is 2.22. The monoisotopic (exact) mass is 202 g/mol. The van der Waals surface area contributed by atoms with Crippen LogP contribution in [0.15, 0.2) is 0 Å². The minimum absolute atomic E-state index is 0.0985. The van der Waals surface area contributed by atoms with Crippen LogP contribution >= 0.6 is 0 Å². The van der Waals surface area contributed by atoms with Crippen molar-refractivity contribution in [3.8, 4) is 0 Å². The number of hydrogen-bond donors (Lipinski definition) is 0. The van der Waals surface area contributed by atoms with Gasteiger partial charge < -0.3 is 0 Å². The molecule has 0 radical (unpaired) electrons. The van der Waals surface area contributed by atoms with Gasteiger partial charge in [-0.15, -0.1) is 0 Å². The fourth-order valence-corrected chi connectivity index (χ4v) is 6.07. The molecule has 0 unspecified atom stereocenters. The third-order valence-corrected chi connectivity index (χ3v) is 7.06. The zero-order valence-electron chi connectivity index (χ0n) is 8.90. The van der Waals surface area contributed by atoms with Crippen molar-refractivity contribution in [2.45, 2.75) is 57.2 Å². The Morgan fingerprint density at radius 2 is 1.92 bits per heavy atom. The maximum absolute atomic E-state index is 11.9. The van der Waals surface area contributed by atoms with Gasteiger partial charge in [0, 0.05) is 8.80 Å². The van der Waals surface area contributed by atoms with Crippen molar-refractivity contribution in [3.05, 3.63) is 0 Å². The van der Waals surface area contributed by atoms with Crippen molar-refractivity contribution in [1.82, 2.24) is 0 Å². The molecule has 0 atom stereocenters. The Bertz CT molecular complexity index is 117. The Labute approximate surface area is 83.5 Å². The second-order valence-electron chi connectivity index (χ2n) is 4.48. The summed E-state index contributed by atoms with van der Waals surface area (Å²) in [7, 11) is -0.377. The number of hydrogen-bond acceptors (Lipinski definition) is 0. The van der Waals surface area contributed by atoms with Crippen LogP contribution in [-0.4, -0.2) is 15.5 Å². The Morgan fingerprint density at radius 3 is 2.46 bits per heavy atom. The number of halogens is 1. The van der Waals surface area contributed by atoms with Crippen molar-refractivity contribution in [1.29, 1.82) is 0 Å². The summed E-state index contributed by atoms with van der Waals surface area (Å²) >= 11 is 0. The summed E-state index contributed by atoms with van der Waals surface area (Å²) in [4.78, 5) is 0. The molecule has 0 N–H and O–H groups in total. The Hall–Kier alpha value is 0.147. The topological polar surface area (TPSA) is 0 Å². The molecule has 1 heterocycles. The van der Waals surface area contributed by atoms with Crippen LogP contribution in [0.2, 0.25) is 18.1 Å². The molecular formula is C11H23FSi. The van der Waals surface area contributed by atoms with E-state index in [4.69, 9.17) is 0 Å². The normalized spacial score (nSPS) is 29.1. The second kappa shape index (κ2) is 6.58. The molecule has 0 amide bonds. The summed E-state index contributed by atoms with van der Waals surface area (Å²) in [5, 5.41) is 0. The van der Waals surface area contributed by atoms with Gasteiger partial charge in [0.05, 0.1) is 6.67 Å². The lowest BCUT2D eigenvalue weighted by molar-refractivity contribution is 0.451. The summed E-state index contributed by atoms with van der Waals surface area (Å²) < 4.78 is 11.9. The summed E-state index contributed by atoms with van der Waals surface area (Å²) in [5.41, 5.74) is 0. The van der Waals surface area contributed by atoms with Crippen LogP contribution < -0.4 is 0 Å². The maximum atomic E-state index is 11.9. The minimum Gasteiger partial charge on any atom is -0.251 e. The average Bonchev–Trinajstić information content (AvgIpc) is 2.19. The third kappa shape index (κ3) is 4.25. The van der Waals surface area contributed by atoms with Crippen LogP contribution in [0.25, 0.3) is 0 Å². The molecule has 1 rings (SSSR count).